The third-order valence-electron chi connectivity index (χ3n) is 3.70. The van der Waals surface area contributed by atoms with Crippen LogP contribution in [0.2, 0.25) is 0 Å². The molecule has 3 rings (SSSR count). The number of aliphatic carboxylic acids is 1. The summed E-state index contributed by atoms with van der Waals surface area (Å²) >= 11 is 1.31. The molecule has 0 saturated heterocycles. The highest BCUT2D eigenvalue weighted by Gasteiger charge is 2.26. The highest BCUT2D eigenvalue weighted by atomic mass is 32.2. The number of carboxylic acids is 1. The van der Waals surface area contributed by atoms with Crippen LogP contribution >= 0.6 is 11.8 Å². The number of nitrogens with zero attached hydrogens (tertiary/aromatic N) is 2. The zero-order valence-electron chi connectivity index (χ0n) is 11.5. The summed E-state index contributed by atoms with van der Waals surface area (Å²) in [6, 6.07) is 8.40. The summed E-state index contributed by atoms with van der Waals surface area (Å²) in [5.41, 5.74) is 2.05. The summed E-state index contributed by atoms with van der Waals surface area (Å²) in [6.45, 7) is 2.21. The van der Waals surface area contributed by atoms with Crippen LogP contribution < -0.4 is 0 Å². The van der Waals surface area contributed by atoms with Gasteiger partial charge in [-0.1, -0.05) is 36.7 Å². The van der Waals surface area contributed by atoms with Crippen molar-refractivity contribution in [3.63, 3.8) is 0 Å². The van der Waals surface area contributed by atoms with Crippen LogP contribution in [0.25, 0.3) is 11.0 Å². The third-order valence-corrected chi connectivity index (χ3v) is 4.64. The molecule has 1 aliphatic rings. The number of para-hydroxylation sites is 2. The molecule has 1 saturated carbocycles. The number of hydrogen-bond donors (Lipinski definition) is 1. The van der Waals surface area contributed by atoms with Crippen molar-refractivity contribution in [3.05, 3.63) is 24.3 Å². The largest absolute Gasteiger partial charge is 0.481 e. The molecule has 0 amide bonds. The molecular formula is C15H18N2O2S. The van der Waals surface area contributed by atoms with Gasteiger partial charge in [-0.05, 0) is 31.4 Å². The van der Waals surface area contributed by atoms with Gasteiger partial charge in [-0.25, -0.2) is 4.98 Å². The van der Waals surface area contributed by atoms with Crippen LogP contribution in [0.1, 0.15) is 32.2 Å². The summed E-state index contributed by atoms with van der Waals surface area (Å²) in [5.74, 6) is 0.0892. The topological polar surface area (TPSA) is 55.1 Å². The summed E-state index contributed by atoms with van der Waals surface area (Å²) in [4.78, 5) is 15.4. The molecule has 0 spiro atoms. The van der Waals surface area contributed by atoms with Gasteiger partial charge in [-0.2, -0.15) is 0 Å². The maximum absolute atomic E-state index is 10.8. The van der Waals surface area contributed by atoms with E-state index in [0.717, 1.165) is 28.5 Å². The minimum atomic E-state index is -0.802. The van der Waals surface area contributed by atoms with Gasteiger partial charge in [0.05, 0.1) is 16.8 Å². The molecular weight excluding hydrogens is 272 g/mol. The maximum atomic E-state index is 10.8. The van der Waals surface area contributed by atoms with Gasteiger partial charge in [-0.3, -0.25) is 4.79 Å². The van der Waals surface area contributed by atoms with Crippen LogP contribution in [0.3, 0.4) is 0 Å². The van der Waals surface area contributed by atoms with Crippen LogP contribution in [0.4, 0.5) is 0 Å². The van der Waals surface area contributed by atoms with Gasteiger partial charge < -0.3 is 9.67 Å². The lowest BCUT2D eigenvalue weighted by Crippen LogP contribution is -2.08. The van der Waals surface area contributed by atoms with Crippen molar-refractivity contribution >= 4 is 28.8 Å². The van der Waals surface area contributed by atoms with Crippen molar-refractivity contribution < 1.29 is 9.90 Å². The number of imidazole rings is 1. The van der Waals surface area contributed by atoms with E-state index in [-0.39, 0.29) is 5.75 Å². The smallest absolute Gasteiger partial charge is 0.313 e. The molecule has 0 aliphatic heterocycles. The number of aromatic nitrogens is 2. The Morgan fingerprint density at radius 2 is 2.25 bits per heavy atom. The predicted octanol–water partition coefficient (Wildman–Crippen LogP) is 3.57. The number of hydrogen-bond acceptors (Lipinski definition) is 3. The zero-order valence-corrected chi connectivity index (χ0v) is 12.3. The first kappa shape index (κ1) is 13.5. The van der Waals surface area contributed by atoms with Crippen molar-refractivity contribution in [2.24, 2.45) is 5.92 Å². The highest BCUT2D eigenvalue weighted by Crippen LogP contribution is 2.39. The number of carbonyl (C=O) groups is 1. The summed E-state index contributed by atoms with van der Waals surface area (Å²) in [5, 5.41) is 9.70. The Bertz CT molecular complexity index is 634. The Kier molecular flexibility index (Phi) is 3.70. The Balaban J connectivity index is 1.95. The van der Waals surface area contributed by atoms with E-state index >= 15 is 0 Å². The lowest BCUT2D eigenvalue weighted by Gasteiger charge is -2.16. The first-order valence-corrected chi connectivity index (χ1v) is 7.95. The minimum absolute atomic E-state index is 0.0550. The molecule has 2 aromatic rings. The third kappa shape index (κ3) is 2.82. The lowest BCUT2D eigenvalue weighted by molar-refractivity contribution is -0.133. The van der Waals surface area contributed by atoms with Crippen molar-refractivity contribution in [1.82, 2.24) is 9.55 Å². The minimum Gasteiger partial charge on any atom is -0.481 e. The molecule has 1 heterocycles. The molecule has 0 radical (unpaired) electrons. The van der Waals surface area contributed by atoms with Crippen LogP contribution in [-0.4, -0.2) is 26.4 Å². The lowest BCUT2D eigenvalue weighted by atomic mass is 10.1. The van der Waals surface area contributed by atoms with Crippen LogP contribution in [0.15, 0.2) is 29.4 Å². The second kappa shape index (κ2) is 5.48. The van der Waals surface area contributed by atoms with Crippen LogP contribution in [0.5, 0.6) is 0 Å². The number of fused-ring (bicyclic) bond motifs is 1. The predicted molar refractivity (Wildman–Crippen MR) is 80.1 cm³/mol. The standard InChI is InChI=1S/C15H18N2O2S/c1-10(8-11-6-7-11)17-13-5-3-2-4-12(13)16-15(17)20-9-14(18)19/h2-5,10-11H,6-9H2,1H3,(H,18,19). The van der Waals surface area contributed by atoms with Crippen molar-refractivity contribution in [1.29, 1.82) is 0 Å². The summed E-state index contributed by atoms with van der Waals surface area (Å²) in [6.07, 6.45) is 3.81. The van der Waals surface area contributed by atoms with E-state index in [0.29, 0.717) is 6.04 Å². The van der Waals surface area contributed by atoms with E-state index in [1.54, 1.807) is 0 Å². The quantitative estimate of drug-likeness (QED) is 0.826. The summed E-state index contributed by atoms with van der Waals surface area (Å²) in [7, 11) is 0. The molecule has 1 atom stereocenters. The van der Waals surface area contributed by atoms with Gasteiger partial charge in [0, 0.05) is 6.04 Å². The molecule has 1 fully saturated rings. The Labute approximate surface area is 122 Å². The first-order valence-electron chi connectivity index (χ1n) is 6.96. The Morgan fingerprint density at radius 3 is 2.95 bits per heavy atom. The SMILES string of the molecule is CC(CC1CC1)n1c(SCC(=O)O)nc2ccccc21. The fourth-order valence-electron chi connectivity index (χ4n) is 2.62. The molecule has 106 valence electrons. The van der Waals surface area contributed by atoms with Gasteiger partial charge in [0.15, 0.2) is 5.16 Å². The average molecular weight is 290 g/mol. The van der Waals surface area contributed by atoms with Gasteiger partial charge in [-0.15, -0.1) is 0 Å². The van der Waals surface area contributed by atoms with E-state index in [4.69, 9.17) is 5.11 Å². The normalized spacial score (nSPS) is 16.4. The fraction of sp³-hybridized carbons (Fsp3) is 0.467. The second-order valence-corrected chi connectivity index (χ2v) is 6.41. The first-order chi connectivity index (χ1) is 9.65. The maximum Gasteiger partial charge on any atom is 0.313 e. The second-order valence-electron chi connectivity index (χ2n) is 5.46. The molecule has 1 aromatic heterocycles. The molecule has 20 heavy (non-hydrogen) atoms. The van der Waals surface area contributed by atoms with E-state index in [1.807, 2.05) is 18.2 Å². The van der Waals surface area contributed by atoms with E-state index in [9.17, 15) is 4.79 Å². The molecule has 1 aliphatic carbocycles. The Hall–Kier alpha value is -1.49. The number of thioether (sulfide) groups is 1. The van der Waals surface area contributed by atoms with E-state index in [2.05, 4.69) is 22.5 Å². The molecule has 1 N–H and O–H groups in total. The van der Waals surface area contributed by atoms with Gasteiger partial charge in [0.25, 0.3) is 0 Å². The summed E-state index contributed by atoms with van der Waals surface area (Å²) < 4.78 is 2.21. The van der Waals surface area contributed by atoms with Gasteiger partial charge in [0.2, 0.25) is 0 Å². The zero-order chi connectivity index (χ0) is 14.1. The number of rotatable bonds is 6. The monoisotopic (exact) mass is 290 g/mol. The van der Waals surface area contributed by atoms with Crippen LogP contribution in [-0.2, 0) is 4.79 Å². The number of benzene rings is 1. The fourth-order valence-corrected chi connectivity index (χ4v) is 3.45. The van der Waals surface area contributed by atoms with Crippen molar-refractivity contribution in [3.8, 4) is 0 Å². The average Bonchev–Trinajstić information content (AvgIpc) is 3.14. The van der Waals surface area contributed by atoms with Crippen molar-refractivity contribution in [2.75, 3.05) is 5.75 Å². The van der Waals surface area contributed by atoms with Crippen molar-refractivity contribution in [2.45, 2.75) is 37.4 Å². The van der Waals surface area contributed by atoms with Crippen LogP contribution in [0, 0.1) is 5.92 Å². The molecule has 0 bridgehead atoms. The van der Waals surface area contributed by atoms with Gasteiger partial charge in [0.1, 0.15) is 0 Å². The molecule has 4 nitrogen and oxygen atoms in total. The molecule has 1 aromatic carbocycles. The number of carboxylic acid groups (broad SMARTS) is 1. The molecule has 5 heteroatoms. The van der Waals surface area contributed by atoms with E-state index in [1.165, 1.54) is 24.6 Å². The molecule has 1 unspecified atom stereocenters. The van der Waals surface area contributed by atoms with Gasteiger partial charge >= 0.3 is 5.97 Å². The van der Waals surface area contributed by atoms with E-state index < -0.39 is 5.97 Å². The Morgan fingerprint density at radius 1 is 1.50 bits per heavy atom. The highest BCUT2D eigenvalue weighted by molar-refractivity contribution is 7.99.